The highest BCUT2D eigenvalue weighted by atomic mass is 19.1. The maximum Gasteiger partial charge on any atom is 0.329 e. The van der Waals surface area contributed by atoms with Crippen molar-refractivity contribution in [3.05, 3.63) is 70.0 Å². The van der Waals surface area contributed by atoms with Gasteiger partial charge < -0.3 is 5.32 Å². The molecular formula is C15H11FN4O4. The van der Waals surface area contributed by atoms with Crippen molar-refractivity contribution in [2.75, 3.05) is 5.32 Å². The van der Waals surface area contributed by atoms with Gasteiger partial charge in [-0.2, -0.15) is 5.10 Å². The number of amides is 2. The first-order chi connectivity index (χ1) is 11.5. The number of benzene rings is 2. The van der Waals surface area contributed by atoms with Gasteiger partial charge in [-0.1, -0.05) is 18.2 Å². The summed E-state index contributed by atoms with van der Waals surface area (Å²) in [5, 5.41) is 16.2. The van der Waals surface area contributed by atoms with E-state index in [-0.39, 0.29) is 16.9 Å². The number of halogens is 1. The summed E-state index contributed by atoms with van der Waals surface area (Å²) in [6, 6.07) is 10.7. The fourth-order valence-corrected chi connectivity index (χ4v) is 1.65. The number of hydrazone groups is 1. The normalized spacial score (nSPS) is 10.4. The van der Waals surface area contributed by atoms with Gasteiger partial charge in [0.15, 0.2) is 0 Å². The Labute approximate surface area is 135 Å². The van der Waals surface area contributed by atoms with Gasteiger partial charge in [-0.25, -0.2) is 9.82 Å². The van der Waals surface area contributed by atoms with Gasteiger partial charge in [0, 0.05) is 23.4 Å². The number of nitro groups is 1. The molecule has 0 fully saturated rings. The molecule has 2 amide bonds. The number of non-ortho nitro benzene ring substituents is 1. The average molecular weight is 330 g/mol. The van der Waals surface area contributed by atoms with Crippen LogP contribution in [0, 0.1) is 15.9 Å². The smallest absolute Gasteiger partial charge is 0.318 e. The SMILES string of the molecule is O=C(N/N=C\c1ccccc1F)C(=O)Nc1ccc([N+](=O)[O-])cc1. The molecule has 0 aromatic heterocycles. The van der Waals surface area contributed by atoms with Crippen LogP contribution in [0.3, 0.4) is 0 Å². The first-order valence-electron chi connectivity index (χ1n) is 6.61. The number of anilines is 1. The lowest BCUT2D eigenvalue weighted by atomic mass is 10.2. The molecule has 2 N–H and O–H groups in total. The summed E-state index contributed by atoms with van der Waals surface area (Å²) in [6.45, 7) is 0. The molecule has 2 aromatic carbocycles. The minimum atomic E-state index is -1.07. The van der Waals surface area contributed by atoms with Crippen molar-refractivity contribution >= 4 is 29.4 Å². The molecule has 0 spiro atoms. The second kappa shape index (κ2) is 7.58. The van der Waals surface area contributed by atoms with Gasteiger partial charge >= 0.3 is 11.8 Å². The van der Waals surface area contributed by atoms with Gasteiger partial charge in [-0.05, 0) is 18.2 Å². The van der Waals surface area contributed by atoms with Crippen LogP contribution in [-0.4, -0.2) is 23.0 Å². The van der Waals surface area contributed by atoms with Crippen LogP contribution in [0.4, 0.5) is 15.8 Å². The Kier molecular flexibility index (Phi) is 5.29. The molecular weight excluding hydrogens is 319 g/mol. The van der Waals surface area contributed by atoms with E-state index in [1.165, 1.54) is 42.5 Å². The lowest BCUT2D eigenvalue weighted by Gasteiger charge is -2.03. The van der Waals surface area contributed by atoms with E-state index in [0.717, 1.165) is 6.21 Å². The first kappa shape index (κ1) is 16.7. The molecule has 0 saturated carbocycles. The quantitative estimate of drug-likeness (QED) is 0.385. The van der Waals surface area contributed by atoms with Crippen LogP contribution in [0.1, 0.15) is 5.56 Å². The number of nitrogens with one attached hydrogen (secondary N) is 2. The van der Waals surface area contributed by atoms with E-state index < -0.39 is 22.6 Å². The van der Waals surface area contributed by atoms with Crippen molar-refractivity contribution in [3.63, 3.8) is 0 Å². The summed E-state index contributed by atoms with van der Waals surface area (Å²) in [6.07, 6.45) is 1.06. The summed E-state index contributed by atoms with van der Waals surface area (Å²) < 4.78 is 13.3. The van der Waals surface area contributed by atoms with Gasteiger partial charge in [0.1, 0.15) is 5.82 Å². The van der Waals surface area contributed by atoms with Crippen LogP contribution in [0.2, 0.25) is 0 Å². The van der Waals surface area contributed by atoms with E-state index in [2.05, 4.69) is 10.4 Å². The second-order valence-electron chi connectivity index (χ2n) is 4.48. The molecule has 122 valence electrons. The number of rotatable bonds is 4. The van der Waals surface area contributed by atoms with Crippen molar-refractivity contribution in [1.82, 2.24) is 5.43 Å². The van der Waals surface area contributed by atoms with Gasteiger partial charge in [0.25, 0.3) is 5.69 Å². The topological polar surface area (TPSA) is 114 Å². The maximum atomic E-state index is 13.3. The average Bonchev–Trinajstić information content (AvgIpc) is 2.57. The number of carbonyl (C=O) groups excluding carboxylic acids is 2. The van der Waals surface area contributed by atoms with Crippen molar-refractivity contribution in [2.45, 2.75) is 0 Å². The first-order valence-corrected chi connectivity index (χ1v) is 6.61. The molecule has 0 unspecified atom stereocenters. The Morgan fingerprint density at radius 2 is 1.75 bits per heavy atom. The van der Waals surface area contributed by atoms with Crippen molar-refractivity contribution < 1.29 is 18.9 Å². The molecule has 0 heterocycles. The third-order valence-corrected chi connectivity index (χ3v) is 2.82. The zero-order chi connectivity index (χ0) is 17.5. The largest absolute Gasteiger partial charge is 0.329 e. The Hall–Kier alpha value is -3.62. The van der Waals surface area contributed by atoms with Gasteiger partial charge in [-0.3, -0.25) is 19.7 Å². The zero-order valence-electron chi connectivity index (χ0n) is 12.1. The van der Waals surface area contributed by atoms with Crippen LogP contribution in [0.15, 0.2) is 53.6 Å². The summed E-state index contributed by atoms with van der Waals surface area (Å²) in [7, 11) is 0. The third-order valence-electron chi connectivity index (χ3n) is 2.82. The Morgan fingerprint density at radius 3 is 2.38 bits per heavy atom. The standard InChI is InChI=1S/C15H11FN4O4/c16-13-4-2-1-3-10(13)9-17-19-15(22)14(21)18-11-5-7-12(8-6-11)20(23)24/h1-9H,(H,18,21)(H,19,22)/b17-9-. The van der Waals surface area contributed by atoms with E-state index in [1.807, 2.05) is 5.43 Å². The Balaban J connectivity index is 1.91. The van der Waals surface area contributed by atoms with Crippen LogP contribution in [-0.2, 0) is 9.59 Å². The highest BCUT2D eigenvalue weighted by Gasteiger charge is 2.13. The number of nitrogens with zero attached hydrogens (tertiary/aromatic N) is 2. The van der Waals surface area contributed by atoms with Crippen LogP contribution in [0.5, 0.6) is 0 Å². The van der Waals surface area contributed by atoms with Crippen molar-refractivity contribution in [1.29, 1.82) is 0 Å². The van der Waals surface area contributed by atoms with E-state index in [1.54, 1.807) is 6.07 Å². The number of carbonyl (C=O) groups is 2. The highest BCUT2D eigenvalue weighted by molar-refractivity contribution is 6.39. The summed E-state index contributed by atoms with van der Waals surface area (Å²) >= 11 is 0. The monoisotopic (exact) mass is 330 g/mol. The van der Waals surface area contributed by atoms with Gasteiger partial charge in [0.05, 0.1) is 11.1 Å². The zero-order valence-corrected chi connectivity index (χ0v) is 12.1. The van der Waals surface area contributed by atoms with E-state index in [4.69, 9.17) is 0 Å². The maximum absolute atomic E-state index is 13.3. The van der Waals surface area contributed by atoms with Crippen LogP contribution in [0.25, 0.3) is 0 Å². The van der Waals surface area contributed by atoms with Crippen molar-refractivity contribution in [2.24, 2.45) is 5.10 Å². The molecule has 0 aliphatic rings. The molecule has 0 aliphatic carbocycles. The molecule has 0 saturated heterocycles. The minimum absolute atomic E-state index is 0.146. The molecule has 2 aromatic rings. The lowest BCUT2D eigenvalue weighted by molar-refractivity contribution is -0.384. The summed E-state index contributed by atoms with van der Waals surface area (Å²) in [4.78, 5) is 33.1. The molecule has 9 heteroatoms. The Morgan fingerprint density at radius 1 is 1.08 bits per heavy atom. The second-order valence-corrected chi connectivity index (χ2v) is 4.48. The molecule has 0 aliphatic heterocycles. The highest BCUT2D eigenvalue weighted by Crippen LogP contribution is 2.15. The van der Waals surface area contributed by atoms with Crippen LogP contribution < -0.4 is 10.7 Å². The fraction of sp³-hybridized carbons (Fsp3) is 0. The van der Waals surface area contributed by atoms with Gasteiger partial charge in [0.2, 0.25) is 0 Å². The number of nitro benzene ring substituents is 1. The summed E-state index contributed by atoms with van der Waals surface area (Å²) in [5.41, 5.74) is 2.16. The van der Waals surface area contributed by atoms with Gasteiger partial charge in [-0.15, -0.1) is 0 Å². The van der Waals surface area contributed by atoms with Crippen molar-refractivity contribution in [3.8, 4) is 0 Å². The molecule has 0 atom stereocenters. The fourth-order valence-electron chi connectivity index (χ4n) is 1.65. The van der Waals surface area contributed by atoms with Crippen LogP contribution >= 0.6 is 0 Å². The van der Waals surface area contributed by atoms with E-state index >= 15 is 0 Å². The predicted octanol–water partition coefficient (Wildman–Crippen LogP) is 1.82. The molecule has 2 rings (SSSR count). The molecule has 0 radical (unpaired) electrons. The third kappa shape index (κ3) is 4.44. The molecule has 0 bridgehead atoms. The van der Waals surface area contributed by atoms with E-state index in [0.29, 0.717) is 0 Å². The number of hydrogen-bond acceptors (Lipinski definition) is 5. The number of hydrogen-bond donors (Lipinski definition) is 2. The predicted molar refractivity (Wildman–Crippen MR) is 83.9 cm³/mol. The Bertz CT molecular complexity index is 805. The molecule has 24 heavy (non-hydrogen) atoms. The lowest BCUT2D eigenvalue weighted by Crippen LogP contribution is -2.32. The van der Waals surface area contributed by atoms with E-state index in [9.17, 15) is 24.1 Å². The molecule has 8 nitrogen and oxygen atoms in total. The summed E-state index contributed by atoms with van der Waals surface area (Å²) in [5.74, 6) is -2.61. The minimum Gasteiger partial charge on any atom is -0.318 e.